The number of ether oxygens (including phenoxy) is 1. The first-order chi connectivity index (χ1) is 8.52. The van der Waals surface area contributed by atoms with E-state index in [9.17, 15) is 9.59 Å². The Kier molecular flexibility index (Phi) is 3.33. The van der Waals surface area contributed by atoms with Gasteiger partial charge in [-0.3, -0.25) is 9.59 Å². The number of aromatic nitrogens is 1. The van der Waals surface area contributed by atoms with Crippen LogP contribution in [0.25, 0.3) is 0 Å². The molecule has 18 heavy (non-hydrogen) atoms. The van der Waals surface area contributed by atoms with Crippen LogP contribution in [0.5, 0.6) is 0 Å². The molecular formula is C11H14N2O5. The topological polar surface area (TPSA) is 92.9 Å². The lowest BCUT2D eigenvalue weighted by Crippen LogP contribution is -2.44. The summed E-state index contributed by atoms with van der Waals surface area (Å²) in [6, 6.07) is -0.468. The van der Waals surface area contributed by atoms with Crippen LogP contribution >= 0.6 is 0 Å². The summed E-state index contributed by atoms with van der Waals surface area (Å²) in [6.45, 7) is 1.98. The predicted molar refractivity (Wildman–Crippen MR) is 59.1 cm³/mol. The van der Waals surface area contributed by atoms with Crippen LogP contribution in [0, 0.1) is 12.8 Å². The summed E-state index contributed by atoms with van der Waals surface area (Å²) in [7, 11) is 1.56. The van der Waals surface area contributed by atoms with Crippen molar-refractivity contribution in [1.82, 2.24) is 10.1 Å². The SMILES string of the molecule is Cc1oncc1C(=O)N(C)C1COCC1C(=O)O. The first-order valence-electron chi connectivity index (χ1n) is 5.51. The van der Waals surface area contributed by atoms with Crippen molar-refractivity contribution in [2.45, 2.75) is 13.0 Å². The van der Waals surface area contributed by atoms with Gasteiger partial charge < -0.3 is 19.3 Å². The van der Waals surface area contributed by atoms with Gasteiger partial charge in [0, 0.05) is 7.05 Å². The Hall–Kier alpha value is -1.89. The van der Waals surface area contributed by atoms with E-state index in [-0.39, 0.29) is 19.1 Å². The number of rotatable bonds is 3. The highest BCUT2D eigenvalue weighted by atomic mass is 16.5. The molecule has 1 aliphatic heterocycles. The average molecular weight is 254 g/mol. The smallest absolute Gasteiger partial charge is 0.311 e. The third kappa shape index (κ3) is 2.08. The maximum absolute atomic E-state index is 12.2. The van der Waals surface area contributed by atoms with Crippen LogP contribution in [0.2, 0.25) is 0 Å². The van der Waals surface area contributed by atoms with Crippen molar-refractivity contribution < 1.29 is 24.0 Å². The molecular weight excluding hydrogens is 240 g/mol. The number of carbonyl (C=O) groups excluding carboxylic acids is 1. The van der Waals surface area contributed by atoms with E-state index in [1.54, 1.807) is 14.0 Å². The number of likely N-dealkylation sites (N-methyl/N-ethyl adjacent to an activating group) is 1. The molecule has 1 aromatic heterocycles. The van der Waals surface area contributed by atoms with E-state index in [2.05, 4.69) is 5.16 Å². The van der Waals surface area contributed by atoms with Crippen molar-refractivity contribution in [2.24, 2.45) is 5.92 Å². The van der Waals surface area contributed by atoms with Gasteiger partial charge >= 0.3 is 5.97 Å². The lowest BCUT2D eigenvalue weighted by molar-refractivity contribution is -0.142. The average Bonchev–Trinajstić information content (AvgIpc) is 2.95. The molecule has 1 amide bonds. The molecule has 0 aliphatic carbocycles. The Labute approximate surface area is 103 Å². The molecule has 1 saturated heterocycles. The fourth-order valence-electron chi connectivity index (χ4n) is 2.01. The summed E-state index contributed by atoms with van der Waals surface area (Å²) < 4.78 is 9.96. The van der Waals surface area contributed by atoms with Crippen molar-refractivity contribution >= 4 is 11.9 Å². The fourth-order valence-corrected chi connectivity index (χ4v) is 2.01. The minimum atomic E-state index is -0.959. The molecule has 2 heterocycles. The van der Waals surface area contributed by atoms with E-state index in [1.807, 2.05) is 0 Å². The zero-order valence-electron chi connectivity index (χ0n) is 10.1. The zero-order chi connectivity index (χ0) is 13.3. The Balaban J connectivity index is 2.16. The highest BCUT2D eigenvalue weighted by molar-refractivity contribution is 5.95. The normalized spacial score (nSPS) is 23.0. The van der Waals surface area contributed by atoms with Crippen molar-refractivity contribution in [3.63, 3.8) is 0 Å². The highest BCUT2D eigenvalue weighted by Crippen LogP contribution is 2.21. The first kappa shape index (κ1) is 12.6. The largest absolute Gasteiger partial charge is 0.481 e. The molecule has 0 radical (unpaired) electrons. The van der Waals surface area contributed by atoms with Gasteiger partial charge in [0.15, 0.2) is 0 Å². The van der Waals surface area contributed by atoms with Crippen LogP contribution in [0.3, 0.4) is 0 Å². The first-order valence-corrected chi connectivity index (χ1v) is 5.51. The molecule has 98 valence electrons. The second kappa shape index (κ2) is 4.77. The molecule has 7 nitrogen and oxygen atoms in total. The summed E-state index contributed by atoms with van der Waals surface area (Å²) in [5, 5.41) is 12.6. The number of hydrogen-bond acceptors (Lipinski definition) is 5. The lowest BCUT2D eigenvalue weighted by Gasteiger charge is -2.25. The molecule has 0 spiro atoms. The monoisotopic (exact) mass is 254 g/mol. The Bertz CT molecular complexity index is 470. The summed E-state index contributed by atoms with van der Waals surface area (Å²) in [4.78, 5) is 24.6. The van der Waals surface area contributed by atoms with Crippen molar-refractivity contribution in [2.75, 3.05) is 20.3 Å². The molecule has 1 N–H and O–H groups in total. The Morgan fingerprint density at radius 2 is 2.22 bits per heavy atom. The van der Waals surface area contributed by atoms with E-state index in [1.165, 1.54) is 11.1 Å². The second-order valence-electron chi connectivity index (χ2n) is 4.26. The molecule has 2 atom stereocenters. The summed E-state index contributed by atoms with van der Waals surface area (Å²) in [5.41, 5.74) is 0.341. The van der Waals surface area contributed by atoms with Crippen molar-refractivity contribution in [1.29, 1.82) is 0 Å². The molecule has 2 unspecified atom stereocenters. The highest BCUT2D eigenvalue weighted by Gasteiger charge is 2.39. The number of aryl methyl sites for hydroxylation is 1. The van der Waals surface area contributed by atoms with Gasteiger partial charge in [0.2, 0.25) is 0 Å². The predicted octanol–water partition coefficient (Wildman–Crippen LogP) is 0.155. The van der Waals surface area contributed by atoms with Gasteiger partial charge in [-0.1, -0.05) is 5.16 Å². The molecule has 1 fully saturated rings. The van der Waals surface area contributed by atoms with Crippen LogP contribution in [0.4, 0.5) is 0 Å². The number of amides is 1. The number of carbonyl (C=O) groups is 2. The summed E-state index contributed by atoms with van der Waals surface area (Å²) >= 11 is 0. The van der Waals surface area contributed by atoms with E-state index in [0.717, 1.165) is 0 Å². The maximum atomic E-state index is 12.2. The molecule has 7 heteroatoms. The van der Waals surface area contributed by atoms with Gasteiger partial charge in [-0.25, -0.2) is 0 Å². The minimum Gasteiger partial charge on any atom is -0.481 e. The fraction of sp³-hybridized carbons (Fsp3) is 0.545. The van der Waals surface area contributed by atoms with Gasteiger partial charge in [-0.2, -0.15) is 0 Å². The van der Waals surface area contributed by atoms with Crippen LogP contribution in [-0.4, -0.2) is 53.3 Å². The quantitative estimate of drug-likeness (QED) is 0.825. The zero-order valence-corrected chi connectivity index (χ0v) is 10.1. The van der Waals surface area contributed by atoms with Crippen LogP contribution in [0.15, 0.2) is 10.7 Å². The number of nitrogens with zero attached hydrogens (tertiary/aromatic N) is 2. The van der Waals surface area contributed by atoms with E-state index >= 15 is 0 Å². The number of carboxylic acids is 1. The minimum absolute atomic E-state index is 0.125. The van der Waals surface area contributed by atoms with E-state index in [0.29, 0.717) is 11.3 Å². The third-order valence-electron chi connectivity index (χ3n) is 3.17. The number of hydrogen-bond donors (Lipinski definition) is 1. The van der Waals surface area contributed by atoms with E-state index in [4.69, 9.17) is 14.4 Å². The number of carboxylic acid groups (broad SMARTS) is 1. The Morgan fingerprint density at radius 3 is 2.78 bits per heavy atom. The van der Waals surface area contributed by atoms with E-state index < -0.39 is 17.9 Å². The Morgan fingerprint density at radius 1 is 1.50 bits per heavy atom. The molecule has 2 rings (SSSR count). The molecule has 0 bridgehead atoms. The second-order valence-corrected chi connectivity index (χ2v) is 4.26. The lowest BCUT2D eigenvalue weighted by atomic mass is 10.0. The summed E-state index contributed by atoms with van der Waals surface area (Å²) in [5.74, 6) is -1.55. The molecule has 0 saturated carbocycles. The van der Waals surface area contributed by atoms with Gasteiger partial charge in [0.05, 0.1) is 25.5 Å². The number of aliphatic carboxylic acids is 1. The van der Waals surface area contributed by atoms with Crippen molar-refractivity contribution in [3.8, 4) is 0 Å². The van der Waals surface area contributed by atoms with Gasteiger partial charge in [0.25, 0.3) is 5.91 Å². The third-order valence-corrected chi connectivity index (χ3v) is 3.17. The van der Waals surface area contributed by atoms with Crippen LogP contribution < -0.4 is 0 Å². The summed E-state index contributed by atoms with van der Waals surface area (Å²) in [6.07, 6.45) is 1.33. The van der Waals surface area contributed by atoms with Gasteiger partial charge in [-0.05, 0) is 6.92 Å². The van der Waals surface area contributed by atoms with Crippen LogP contribution in [0.1, 0.15) is 16.1 Å². The standard InChI is InChI=1S/C11H14N2O5/c1-6-7(3-12-18-6)10(14)13(2)9-5-17-4-8(9)11(15)16/h3,8-9H,4-5H2,1-2H3,(H,15,16). The van der Waals surface area contributed by atoms with Gasteiger partial charge in [0.1, 0.15) is 17.2 Å². The maximum Gasteiger partial charge on any atom is 0.311 e. The molecule has 1 aliphatic rings. The van der Waals surface area contributed by atoms with Gasteiger partial charge in [-0.15, -0.1) is 0 Å². The van der Waals surface area contributed by atoms with Crippen molar-refractivity contribution in [3.05, 3.63) is 17.5 Å². The van der Waals surface area contributed by atoms with Crippen LogP contribution in [-0.2, 0) is 9.53 Å². The molecule has 1 aromatic rings. The molecule has 0 aromatic carbocycles.